The molecule has 0 aliphatic rings. The number of nitriles is 2. The maximum atomic E-state index is 9.30. The summed E-state index contributed by atoms with van der Waals surface area (Å²) < 4.78 is 0. The topological polar surface area (TPSA) is 129 Å². The number of aromatic nitrogens is 6. The molecule has 0 aliphatic heterocycles. The minimum atomic E-state index is 0.489. The Kier molecular flexibility index (Phi) is 7.88. The second-order valence-electron chi connectivity index (χ2n) is 10.6. The average molecular weight is 616 g/mol. The molecule has 222 valence electrons. The molecule has 7 rings (SSSR count). The number of nitrogens with zero attached hydrogens (tertiary/aromatic N) is 9. The molecule has 0 saturated carbocycles. The lowest BCUT2D eigenvalue weighted by molar-refractivity contribution is 1.07. The van der Waals surface area contributed by atoms with Crippen LogP contribution in [0, 0.1) is 29.2 Å². The fraction of sp³-hybridized carbons (Fsp3) is 0. The fourth-order valence-electron chi connectivity index (χ4n) is 5.10. The van der Waals surface area contributed by atoms with E-state index in [0.717, 1.165) is 33.4 Å². The Bertz CT molecular complexity index is 2130. The molecule has 0 aliphatic carbocycles. The summed E-state index contributed by atoms with van der Waals surface area (Å²) in [6, 6.07) is 37.7. The Morgan fingerprint density at radius 3 is 1.12 bits per heavy atom. The third-order valence-electron chi connectivity index (χ3n) is 7.60. The first-order valence-corrected chi connectivity index (χ1v) is 14.7. The average Bonchev–Trinajstić information content (AvgIpc) is 3.18. The van der Waals surface area contributed by atoms with Crippen molar-refractivity contribution in [2.45, 2.75) is 0 Å². The largest absolute Gasteiger partial charge is 0.259 e. The number of benzene rings is 3. The second-order valence-corrected chi connectivity index (χ2v) is 10.6. The van der Waals surface area contributed by atoms with E-state index in [1.807, 2.05) is 72.8 Å². The summed E-state index contributed by atoms with van der Waals surface area (Å²) in [5, 5.41) is 18.6. The fourth-order valence-corrected chi connectivity index (χ4v) is 5.10. The van der Waals surface area contributed by atoms with Gasteiger partial charge in [-0.3, -0.25) is 15.0 Å². The van der Waals surface area contributed by atoms with E-state index in [1.54, 1.807) is 55.0 Å². The van der Waals surface area contributed by atoms with E-state index < -0.39 is 0 Å². The van der Waals surface area contributed by atoms with Crippen LogP contribution in [0.15, 0.2) is 128 Å². The first-order chi connectivity index (χ1) is 23.6. The van der Waals surface area contributed by atoms with Gasteiger partial charge in [-0.25, -0.2) is 19.8 Å². The van der Waals surface area contributed by atoms with Crippen molar-refractivity contribution in [3.63, 3.8) is 0 Å². The van der Waals surface area contributed by atoms with Crippen molar-refractivity contribution in [1.29, 1.82) is 10.5 Å². The maximum Gasteiger partial charge on any atom is 0.190 e. The molecule has 7 aromatic rings. The molecule has 0 spiro atoms. The standard InChI is InChI=1S/C39H21N9/c1-42-33-16-19-45-36(22-33)29-6-12-32(13-7-29)39-47-37(30-8-2-27(3-9-30)34-20-25(23-40)14-17-43-34)46-38(48-39)31-10-4-28(5-11-31)35-21-26(24-41)15-18-44-35/h2-22H. The Labute approximate surface area is 276 Å². The molecule has 0 radical (unpaired) electrons. The molecule has 0 amide bonds. The zero-order chi connectivity index (χ0) is 32.9. The van der Waals surface area contributed by atoms with Gasteiger partial charge in [0.2, 0.25) is 0 Å². The summed E-state index contributed by atoms with van der Waals surface area (Å²) >= 11 is 0. The highest BCUT2D eigenvalue weighted by Gasteiger charge is 2.14. The van der Waals surface area contributed by atoms with Gasteiger partial charge in [0.05, 0.1) is 46.9 Å². The van der Waals surface area contributed by atoms with Gasteiger partial charge in [0.25, 0.3) is 0 Å². The lowest BCUT2D eigenvalue weighted by Gasteiger charge is -2.10. The zero-order valence-electron chi connectivity index (χ0n) is 25.1. The minimum absolute atomic E-state index is 0.489. The van der Waals surface area contributed by atoms with Gasteiger partial charge < -0.3 is 0 Å². The van der Waals surface area contributed by atoms with Gasteiger partial charge >= 0.3 is 0 Å². The third kappa shape index (κ3) is 6.09. The molecule has 9 heteroatoms. The molecule has 48 heavy (non-hydrogen) atoms. The van der Waals surface area contributed by atoms with Crippen LogP contribution < -0.4 is 0 Å². The zero-order valence-corrected chi connectivity index (χ0v) is 25.1. The van der Waals surface area contributed by atoms with Gasteiger partial charge in [-0.05, 0) is 42.0 Å². The van der Waals surface area contributed by atoms with Crippen molar-refractivity contribution < 1.29 is 0 Å². The smallest absolute Gasteiger partial charge is 0.190 e. The third-order valence-corrected chi connectivity index (χ3v) is 7.60. The number of hydrogen-bond donors (Lipinski definition) is 0. The van der Waals surface area contributed by atoms with Gasteiger partial charge in [0.1, 0.15) is 0 Å². The van der Waals surface area contributed by atoms with Crippen LogP contribution in [-0.4, -0.2) is 29.9 Å². The van der Waals surface area contributed by atoms with Crippen LogP contribution in [-0.2, 0) is 0 Å². The summed E-state index contributed by atoms with van der Waals surface area (Å²) in [7, 11) is 0. The highest BCUT2D eigenvalue weighted by molar-refractivity contribution is 5.73. The quantitative estimate of drug-likeness (QED) is 0.171. The van der Waals surface area contributed by atoms with E-state index in [1.165, 1.54) is 0 Å². The molecule has 3 aromatic carbocycles. The SMILES string of the molecule is [C-]#[N+]c1ccnc(-c2ccc(-c3nc(-c4ccc(-c5cc(C#N)ccn5)cc4)nc(-c4ccc(-c5cc(C#N)ccn5)cc4)n3)cc2)c1. The van der Waals surface area contributed by atoms with E-state index in [4.69, 9.17) is 21.5 Å². The molecule has 9 nitrogen and oxygen atoms in total. The predicted octanol–water partition coefficient (Wildman–Crippen LogP) is 8.35. The number of rotatable bonds is 6. The molecular weight excluding hydrogens is 594 g/mol. The van der Waals surface area contributed by atoms with Crippen LogP contribution in [0.4, 0.5) is 5.69 Å². The monoisotopic (exact) mass is 615 g/mol. The Morgan fingerprint density at radius 2 is 0.771 bits per heavy atom. The molecule has 4 heterocycles. The molecule has 0 atom stereocenters. The van der Waals surface area contributed by atoms with Crippen LogP contribution >= 0.6 is 0 Å². The van der Waals surface area contributed by atoms with Crippen LogP contribution in [0.5, 0.6) is 0 Å². The van der Waals surface area contributed by atoms with Crippen molar-refractivity contribution in [2.24, 2.45) is 0 Å². The van der Waals surface area contributed by atoms with E-state index in [-0.39, 0.29) is 0 Å². The van der Waals surface area contributed by atoms with E-state index >= 15 is 0 Å². The first-order valence-electron chi connectivity index (χ1n) is 14.7. The van der Waals surface area contributed by atoms with Crippen LogP contribution in [0.25, 0.3) is 72.8 Å². The van der Waals surface area contributed by atoms with Crippen LogP contribution in [0.1, 0.15) is 11.1 Å². The van der Waals surface area contributed by atoms with Gasteiger partial charge in [-0.2, -0.15) is 10.5 Å². The summed E-state index contributed by atoms with van der Waals surface area (Å²) in [6.07, 6.45) is 4.87. The van der Waals surface area contributed by atoms with Gasteiger partial charge in [0, 0.05) is 46.4 Å². The van der Waals surface area contributed by atoms with Crippen molar-refractivity contribution in [1.82, 2.24) is 29.9 Å². The van der Waals surface area contributed by atoms with Gasteiger partial charge in [-0.15, -0.1) is 0 Å². The Balaban J connectivity index is 1.28. The van der Waals surface area contributed by atoms with Crippen molar-refractivity contribution in [3.05, 3.63) is 150 Å². The molecule has 0 bridgehead atoms. The van der Waals surface area contributed by atoms with Gasteiger partial charge in [0.15, 0.2) is 23.2 Å². The summed E-state index contributed by atoms with van der Waals surface area (Å²) in [5.41, 5.74) is 8.65. The second kappa shape index (κ2) is 12.9. The Hall–Kier alpha value is -7.41. The van der Waals surface area contributed by atoms with Crippen molar-refractivity contribution in [3.8, 4) is 80.1 Å². The summed E-state index contributed by atoms with van der Waals surface area (Å²) in [5.74, 6) is 1.47. The van der Waals surface area contributed by atoms with Crippen molar-refractivity contribution >= 4 is 5.69 Å². The van der Waals surface area contributed by atoms with Crippen LogP contribution in [0.2, 0.25) is 0 Å². The minimum Gasteiger partial charge on any atom is -0.259 e. The molecular formula is C39H21N9. The lowest BCUT2D eigenvalue weighted by Crippen LogP contribution is -2.00. The molecule has 0 fully saturated rings. The van der Waals surface area contributed by atoms with Crippen molar-refractivity contribution in [2.75, 3.05) is 0 Å². The summed E-state index contributed by atoms with van der Waals surface area (Å²) in [6.45, 7) is 7.32. The number of pyridine rings is 3. The molecule has 0 saturated heterocycles. The normalized spacial score (nSPS) is 10.4. The maximum absolute atomic E-state index is 9.30. The molecule has 0 N–H and O–H groups in total. The highest BCUT2D eigenvalue weighted by atomic mass is 15.0. The molecule has 4 aromatic heterocycles. The first kappa shape index (κ1) is 29.3. The van der Waals surface area contributed by atoms with E-state index in [0.29, 0.717) is 51.4 Å². The van der Waals surface area contributed by atoms with Gasteiger partial charge in [-0.1, -0.05) is 72.8 Å². The molecule has 0 unspecified atom stereocenters. The lowest BCUT2D eigenvalue weighted by atomic mass is 10.1. The van der Waals surface area contributed by atoms with E-state index in [2.05, 4.69) is 31.9 Å². The summed E-state index contributed by atoms with van der Waals surface area (Å²) in [4.78, 5) is 31.4. The highest BCUT2D eigenvalue weighted by Crippen LogP contribution is 2.30. The Morgan fingerprint density at radius 1 is 0.438 bits per heavy atom. The predicted molar refractivity (Wildman–Crippen MR) is 182 cm³/mol. The number of hydrogen-bond acceptors (Lipinski definition) is 8. The van der Waals surface area contributed by atoms with Crippen LogP contribution in [0.3, 0.4) is 0 Å². The van der Waals surface area contributed by atoms with E-state index in [9.17, 15) is 10.5 Å².